The first-order valence-electron chi connectivity index (χ1n) is 7.22. The van der Waals surface area contributed by atoms with E-state index < -0.39 is 0 Å². The van der Waals surface area contributed by atoms with Gasteiger partial charge in [0.1, 0.15) is 5.69 Å². The van der Waals surface area contributed by atoms with Crippen molar-refractivity contribution in [1.82, 2.24) is 20.0 Å². The van der Waals surface area contributed by atoms with E-state index in [9.17, 15) is 4.79 Å². The fourth-order valence-electron chi connectivity index (χ4n) is 2.68. The molecule has 1 unspecified atom stereocenters. The van der Waals surface area contributed by atoms with Crippen LogP contribution in [0.25, 0.3) is 0 Å². The molecule has 1 aliphatic rings. The SMILES string of the molecule is Cc1nc(CCC2CCN(C(=O)c3ccccn3)C2)no1. The zero-order chi connectivity index (χ0) is 14.7. The molecule has 1 aliphatic heterocycles. The lowest BCUT2D eigenvalue weighted by atomic mass is 10.0. The molecular weight excluding hydrogens is 268 g/mol. The summed E-state index contributed by atoms with van der Waals surface area (Å²) in [6, 6.07) is 5.42. The van der Waals surface area contributed by atoms with Gasteiger partial charge in [0, 0.05) is 32.6 Å². The zero-order valence-electron chi connectivity index (χ0n) is 12.0. The monoisotopic (exact) mass is 286 g/mol. The van der Waals surface area contributed by atoms with Gasteiger partial charge in [0.05, 0.1) is 0 Å². The lowest BCUT2D eigenvalue weighted by Crippen LogP contribution is -2.29. The van der Waals surface area contributed by atoms with Crippen molar-refractivity contribution >= 4 is 5.91 Å². The van der Waals surface area contributed by atoms with E-state index in [-0.39, 0.29) is 5.91 Å². The van der Waals surface area contributed by atoms with Crippen molar-refractivity contribution in [3.8, 4) is 0 Å². The molecule has 0 saturated carbocycles. The first kappa shape index (κ1) is 13.7. The number of aromatic nitrogens is 3. The molecule has 110 valence electrons. The maximum Gasteiger partial charge on any atom is 0.272 e. The van der Waals surface area contributed by atoms with Crippen LogP contribution in [0.1, 0.15) is 35.0 Å². The van der Waals surface area contributed by atoms with Crippen molar-refractivity contribution in [2.24, 2.45) is 5.92 Å². The fraction of sp³-hybridized carbons (Fsp3) is 0.467. The summed E-state index contributed by atoms with van der Waals surface area (Å²) in [7, 11) is 0. The Balaban J connectivity index is 1.52. The molecule has 6 heteroatoms. The third-order valence-corrected chi connectivity index (χ3v) is 3.80. The summed E-state index contributed by atoms with van der Waals surface area (Å²) in [5.74, 6) is 1.87. The summed E-state index contributed by atoms with van der Waals surface area (Å²) in [6.07, 6.45) is 4.45. The van der Waals surface area contributed by atoms with Crippen molar-refractivity contribution < 1.29 is 9.32 Å². The molecule has 2 aromatic rings. The molecule has 0 aliphatic carbocycles. The van der Waals surface area contributed by atoms with Crippen molar-refractivity contribution in [3.63, 3.8) is 0 Å². The Morgan fingerprint density at radius 3 is 3.10 bits per heavy atom. The number of hydrogen-bond acceptors (Lipinski definition) is 5. The van der Waals surface area contributed by atoms with Crippen LogP contribution in [-0.2, 0) is 6.42 Å². The topological polar surface area (TPSA) is 72.1 Å². The van der Waals surface area contributed by atoms with Crippen LogP contribution in [0, 0.1) is 12.8 Å². The van der Waals surface area contributed by atoms with Crippen molar-refractivity contribution in [3.05, 3.63) is 41.8 Å². The van der Waals surface area contributed by atoms with Crippen LogP contribution in [0.4, 0.5) is 0 Å². The highest BCUT2D eigenvalue weighted by Gasteiger charge is 2.27. The third kappa shape index (κ3) is 3.26. The first-order chi connectivity index (χ1) is 10.2. The Hall–Kier alpha value is -2.24. The number of aryl methyl sites for hydroxylation is 2. The molecule has 1 amide bonds. The van der Waals surface area contributed by atoms with E-state index >= 15 is 0 Å². The number of nitrogens with zero attached hydrogens (tertiary/aromatic N) is 4. The van der Waals surface area contributed by atoms with Crippen molar-refractivity contribution in [2.45, 2.75) is 26.2 Å². The molecule has 0 spiro atoms. The second-order valence-corrected chi connectivity index (χ2v) is 5.39. The quantitative estimate of drug-likeness (QED) is 0.858. The maximum absolute atomic E-state index is 12.3. The van der Waals surface area contributed by atoms with Crippen LogP contribution in [-0.4, -0.2) is 39.0 Å². The minimum Gasteiger partial charge on any atom is -0.340 e. The van der Waals surface area contributed by atoms with Gasteiger partial charge in [-0.15, -0.1) is 0 Å². The van der Waals surface area contributed by atoms with E-state index in [1.165, 1.54) is 0 Å². The average molecular weight is 286 g/mol. The normalized spacial score (nSPS) is 18.1. The van der Waals surface area contributed by atoms with Crippen molar-refractivity contribution in [1.29, 1.82) is 0 Å². The molecule has 0 bridgehead atoms. The summed E-state index contributed by atoms with van der Waals surface area (Å²) in [5.41, 5.74) is 0.520. The lowest BCUT2D eigenvalue weighted by Gasteiger charge is -2.15. The molecular formula is C15H18N4O2. The Kier molecular flexibility index (Phi) is 3.94. The van der Waals surface area contributed by atoms with Crippen molar-refractivity contribution in [2.75, 3.05) is 13.1 Å². The van der Waals surface area contributed by atoms with Gasteiger partial charge in [0.15, 0.2) is 5.82 Å². The number of likely N-dealkylation sites (tertiary alicyclic amines) is 1. The fourth-order valence-corrected chi connectivity index (χ4v) is 2.68. The average Bonchev–Trinajstić information content (AvgIpc) is 3.14. The molecule has 0 radical (unpaired) electrons. The minimum atomic E-state index is 0.0218. The predicted molar refractivity (Wildman–Crippen MR) is 75.6 cm³/mol. The highest BCUT2D eigenvalue weighted by atomic mass is 16.5. The van der Waals surface area contributed by atoms with Crippen LogP contribution < -0.4 is 0 Å². The van der Waals surface area contributed by atoms with E-state index in [2.05, 4.69) is 15.1 Å². The van der Waals surface area contributed by atoms with Gasteiger partial charge < -0.3 is 9.42 Å². The number of amides is 1. The number of carbonyl (C=O) groups excluding carboxylic acids is 1. The standard InChI is InChI=1S/C15H18N4O2/c1-11-17-14(18-21-11)6-5-12-7-9-19(10-12)15(20)13-4-2-3-8-16-13/h2-4,8,12H,5-7,9-10H2,1H3. The maximum atomic E-state index is 12.3. The van der Waals surface area contributed by atoms with Gasteiger partial charge in [-0.05, 0) is 30.9 Å². The number of pyridine rings is 1. The Morgan fingerprint density at radius 2 is 2.38 bits per heavy atom. The number of carbonyl (C=O) groups is 1. The van der Waals surface area contributed by atoms with E-state index in [1.54, 1.807) is 19.2 Å². The first-order valence-corrected chi connectivity index (χ1v) is 7.22. The zero-order valence-corrected chi connectivity index (χ0v) is 12.0. The van der Waals surface area contributed by atoms with Gasteiger partial charge in [0.2, 0.25) is 5.89 Å². The molecule has 6 nitrogen and oxygen atoms in total. The molecule has 1 saturated heterocycles. The number of hydrogen-bond donors (Lipinski definition) is 0. The van der Waals surface area contributed by atoms with E-state index in [1.807, 2.05) is 17.0 Å². The van der Waals surface area contributed by atoms with Gasteiger partial charge in [-0.25, -0.2) is 0 Å². The minimum absolute atomic E-state index is 0.0218. The second kappa shape index (κ2) is 6.03. The predicted octanol–water partition coefficient (Wildman–Crippen LogP) is 1.87. The summed E-state index contributed by atoms with van der Waals surface area (Å²) < 4.78 is 4.96. The van der Waals surface area contributed by atoms with Gasteiger partial charge in [-0.3, -0.25) is 9.78 Å². The summed E-state index contributed by atoms with van der Waals surface area (Å²) >= 11 is 0. The largest absolute Gasteiger partial charge is 0.340 e. The molecule has 2 aromatic heterocycles. The summed E-state index contributed by atoms with van der Waals surface area (Å²) in [4.78, 5) is 22.5. The highest BCUT2D eigenvalue weighted by molar-refractivity contribution is 5.92. The molecule has 0 N–H and O–H groups in total. The lowest BCUT2D eigenvalue weighted by molar-refractivity contribution is 0.0781. The van der Waals surface area contributed by atoms with Crippen LogP contribution in [0.5, 0.6) is 0 Å². The Morgan fingerprint density at radius 1 is 1.48 bits per heavy atom. The molecule has 0 aromatic carbocycles. The summed E-state index contributed by atoms with van der Waals surface area (Å²) in [5, 5.41) is 3.90. The van der Waals surface area contributed by atoms with E-state index in [0.29, 0.717) is 17.5 Å². The van der Waals surface area contributed by atoms with Gasteiger partial charge in [-0.1, -0.05) is 11.2 Å². The molecule has 3 rings (SSSR count). The van der Waals surface area contributed by atoms with E-state index in [0.717, 1.165) is 38.2 Å². The smallest absolute Gasteiger partial charge is 0.272 e. The third-order valence-electron chi connectivity index (χ3n) is 3.80. The van der Waals surface area contributed by atoms with Crippen LogP contribution in [0.3, 0.4) is 0 Å². The van der Waals surface area contributed by atoms with Gasteiger partial charge in [-0.2, -0.15) is 4.98 Å². The van der Waals surface area contributed by atoms with Gasteiger partial charge >= 0.3 is 0 Å². The Labute approximate surface area is 123 Å². The molecule has 1 fully saturated rings. The van der Waals surface area contributed by atoms with Gasteiger partial charge in [0.25, 0.3) is 5.91 Å². The second-order valence-electron chi connectivity index (χ2n) is 5.39. The molecule has 3 heterocycles. The molecule has 1 atom stereocenters. The highest BCUT2D eigenvalue weighted by Crippen LogP contribution is 2.22. The van der Waals surface area contributed by atoms with Crippen LogP contribution >= 0.6 is 0 Å². The van der Waals surface area contributed by atoms with E-state index in [4.69, 9.17) is 4.52 Å². The Bertz CT molecular complexity index is 611. The number of rotatable bonds is 4. The van der Waals surface area contributed by atoms with Crippen LogP contribution in [0.2, 0.25) is 0 Å². The van der Waals surface area contributed by atoms with Crippen LogP contribution in [0.15, 0.2) is 28.9 Å². The summed E-state index contributed by atoms with van der Waals surface area (Å²) in [6.45, 7) is 3.37. The molecule has 21 heavy (non-hydrogen) atoms.